The Hall–Kier alpha value is -1.53. The molecule has 118 valence electrons. The van der Waals surface area contributed by atoms with Gasteiger partial charge >= 0.3 is 0 Å². The van der Waals surface area contributed by atoms with E-state index < -0.39 is 6.04 Å². The number of amidine groups is 1. The molecule has 0 spiro atoms. The Morgan fingerprint density at radius 1 is 1.27 bits per heavy atom. The summed E-state index contributed by atoms with van der Waals surface area (Å²) in [6, 6.07) is 5.93. The first-order valence-electron chi connectivity index (χ1n) is 7.02. The number of hydrogen-bond donors (Lipinski definition) is 2. The lowest BCUT2D eigenvalue weighted by Crippen LogP contribution is -2.50. The van der Waals surface area contributed by atoms with Gasteiger partial charge in [-0.1, -0.05) is 37.2 Å². The van der Waals surface area contributed by atoms with E-state index in [1.165, 1.54) is 11.8 Å². The number of amides is 2. The molecule has 2 amide bonds. The first-order chi connectivity index (χ1) is 10.5. The van der Waals surface area contributed by atoms with Crippen molar-refractivity contribution in [2.24, 2.45) is 10.9 Å². The van der Waals surface area contributed by atoms with Crippen LogP contribution in [0.4, 0.5) is 0 Å². The Labute approximate surface area is 138 Å². The van der Waals surface area contributed by atoms with Crippen LogP contribution in [0.25, 0.3) is 0 Å². The zero-order valence-electron chi connectivity index (χ0n) is 12.4. The van der Waals surface area contributed by atoms with Crippen LogP contribution < -0.4 is 10.6 Å². The van der Waals surface area contributed by atoms with Crippen molar-refractivity contribution in [1.29, 1.82) is 0 Å². The largest absolute Gasteiger partial charge is 0.340 e. The minimum absolute atomic E-state index is 0.0387. The molecule has 2 N–H and O–H groups in total. The van der Waals surface area contributed by atoms with Gasteiger partial charge < -0.3 is 10.6 Å². The van der Waals surface area contributed by atoms with Gasteiger partial charge in [0.2, 0.25) is 5.91 Å². The summed E-state index contributed by atoms with van der Waals surface area (Å²) in [5.74, 6) is 0.291. The molecule has 0 saturated carbocycles. The molecular weight excluding hydrogens is 322 g/mol. The number of thioether (sulfide) groups is 1. The van der Waals surface area contributed by atoms with Crippen LogP contribution in [-0.4, -0.2) is 35.3 Å². The predicted molar refractivity (Wildman–Crippen MR) is 90.4 cm³/mol. The summed E-state index contributed by atoms with van der Waals surface area (Å²) in [6.45, 7) is 4.48. The minimum Gasteiger partial charge on any atom is -0.340 e. The first kappa shape index (κ1) is 16.8. The number of rotatable bonds is 4. The average molecular weight is 340 g/mol. The molecule has 1 aliphatic heterocycles. The van der Waals surface area contributed by atoms with Crippen LogP contribution in [0.5, 0.6) is 0 Å². The summed E-state index contributed by atoms with van der Waals surface area (Å²) < 4.78 is 0. The second-order valence-corrected chi connectivity index (χ2v) is 6.75. The highest BCUT2D eigenvalue weighted by atomic mass is 35.5. The Bertz CT molecular complexity index is 587. The maximum atomic E-state index is 12.3. The summed E-state index contributed by atoms with van der Waals surface area (Å²) in [5, 5.41) is 6.71. The fourth-order valence-electron chi connectivity index (χ4n) is 1.95. The van der Waals surface area contributed by atoms with E-state index in [-0.39, 0.29) is 17.7 Å². The molecule has 0 aromatic heterocycles. The van der Waals surface area contributed by atoms with Crippen molar-refractivity contribution in [2.75, 3.05) is 12.3 Å². The molecule has 0 radical (unpaired) electrons. The summed E-state index contributed by atoms with van der Waals surface area (Å²) in [4.78, 5) is 28.7. The summed E-state index contributed by atoms with van der Waals surface area (Å²) in [5.41, 5.74) is 0.468. The van der Waals surface area contributed by atoms with Crippen molar-refractivity contribution in [3.05, 3.63) is 34.9 Å². The predicted octanol–water partition coefficient (Wildman–Crippen LogP) is 2.31. The molecule has 0 saturated heterocycles. The number of hydrogen-bond acceptors (Lipinski definition) is 4. The van der Waals surface area contributed by atoms with Crippen LogP contribution in [0.2, 0.25) is 5.02 Å². The molecule has 5 nitrogen and oxygen atoms in total. The number of halogens is 1. The third kappa shape index (κ3) is 4.48. The first-order valence-corrected chi connectivity index (χ1v) is 8.38. The maximum Gasteiger partial charge on any atom is 0.251 e. The highest BCUT2D eigenvalue weighted by Crippen LogP contribution is 2.12. The Kier molecular flexibility index (Phi) is 5.85. The second kappa shape index (κ2) is 7.65. The molecule has 7 heteroatoms. The van der Waals surface area contributed by atoms with E-state index in [4.69, 9.17) is 11.6 Å². The molecule has 1 aromatic rings. The fraction of sp³-hybridized carbons (Fsp3) is 0.400. The lowest BCUT2D eigenvalue weighted by atomic mass is 10.0. The van der Waals surface area contributed by atoms with Gasteiger partial charge in [0.1, 0.15) is 6.04 Å². The normalized spacial score (nSPS) is 15.4. The third-order valence-corrected chi connectivity index (χ3v) is 4.30. The van der Waals surface area contributed by atoms with Crippen LogP contribution in [-0.2, 0) is 4.79 Å². The van der Waals surface area contributed by atoms with Gasteiger partial charge in [-0.05, 0) is 30.2 Å². The van der Waals surface area contributed by atoms with Crippen molar-refractivity contribution in [2.45, 2.75) is 19.9 Å². The highest BCUT2D eigenvalue weighted by molar-refractivity contribution is 8.14. The Balaban J connectivity index is 2.02. The van der Waals surface area contributed by atoms with Gasteiger partial charge in [-0.15, -0.1) is 0 Å². The van der Waals surface area contributed by atoms with E-state index in [1.807, 2.05) is 13.8 Å². The lowest BCUT2D eigenvalue weighted by molar-refractivity contribution is -0.122. The molecule has 1 heterocycles. The van der Waals surface area contributed by atoms with E-state index in [1.54, 1.807) is 24.3 Å². The van der Waals surface area contributed by atoms with Gasteiger partial charge in [-0.2, -0.15) is 0 Å². The van der Waals surface area contributed by atoms with Crippen LogP contribution in [0.3, 0.4) is 0 Å². The van der Waals surface area contributed by atoms with Gasteiger partial charge in [0.15, 0.2) is 5.17 Å². The van der Waals surface area contributed by atoms with Crippen molar-refractivity contribution >= 4 is 40.3 Å². The standard InChI is InChI=1S/C15H18ClN3O2S/c1-9(2)12(14(21)19-15-17-7-8-22-15)18-13(20)10-3-5-11(16)6-4-10/h3-6,9,12H,7-8H2,1-2H3,(H,18,20)(H,17,19,21). The summed E-state index contributed by atoms with van der Waals surface area (Å²) in [7, 11) is 0. The van der Waals surface area contributed by atoms with Crippen LogP contribution in [0, 0.1) is 5.92 Å². The van der Waals surface area contributed by atoms with E-state index >= 15 is 0 Å². The van der Waals surface area contributed by atoms with E-state index in [9.17, 15) is 9.59 Å². The van der Waals surface area contributed by atoms with Crippen molar-refractivity contribution in [3.8, 4) is 0 Å². The topological polar surface area (TPSA) is 70.6 Å². The number of benzene rings is 1. The second-order valence-electron chi connectivity index (χ2n) is 5.23. The van der Waals surface area contributed by atoms with Crippen molar-refractivity contribution in [1.82, 2.24) is 10.6 Å². The fourth-order valence-corrected chi connectivity index (χ4v) is 2.81. The molecular formula is C15H18ClN3O2S. The number of carbonyl (C=O) groups excluding carboxylic acids is 2. The third-order valence-electron chi connectivity index (χ3n) is 3.16. The molecule has 1 aromatic carbocycles. The smallest absolute Gasteiger partial charge is 0.251 e. The summed E-state index contributed by atoms with van der Waals surface area (Å²) >= 11 is 7.31. The lowest BCUT2D eigenvalue weighted by Gasteiger charge is -2.21. The van der Waals surface area contributed by atoms with Crippen LogP contribution >= 0.6 is 23.4 Å². The minimum atomic E-state index is -0.618. The average Bonchev–Trinajstić information content (AvgIpc) is 2.97. The Morgan fingerprint density at radius 3 is 2.50 bits per heavy atom. The monoisotopic (exact) mass is 339 g/mol. The molecule has 1 aliphatic rings. The highest BCUT2D eigenvalue weighted by Gasteiger charge is 2.26. The maximum absolute atomic E-state index is 12.3. The molecule has 0 fully saturated rings. The molecule has 1 atom stereocenters. The zero-order valence-corrected chi connectivity index (χ0v) is 14.0. The van der Waals surface area contributed by atoms with Crippen LogP contribution in [0.1, 0.15) is 24.2 Å². The number of carbonyl (C=O) groups is 2. The molecule has 1 unspecified atom stereocenters. The van der Waals surface area contributed by atoms with Crippen molar-refractivity contribution in [3.63, 3.8) is 0 Å². The molecule has 22 heavy (non-hydrogen) atoms. The van der Waals surface area contributed by atoms with Gasteiger partial charge in [-0.25, -0.2) is 0 Å². The van der Waals surface area contributed by atoms with E-state index in [2.05, 4.69) is 15.6 Å². The van der Waals surface area contributed by atoms with Gasteiger partial charge in [0.05, 0.1) is 6.54 Å². The quantitative estimate of drug-likeness (QED) is 0.884. The van der Waals surface area contributed by atoms with Gasteiger partial charge in [0.25, 0.3) is 5.91 Å². The van der Waals surface area contributed by atoms with E-state index in [0.29, 0.717) is 22.3 Å². The number of nitrogens with zero attached hydrogens (tertiary/aromatic N) is 1. The molecule has 0 bridgehead atoms. The number of aliphatic imine (C=N–C) groups is 1. The number of nitrogens with one attached hydrogen (secondary N) is 2. The Morgan fingerprint density at radius 2 is 1.95 bits per heavy atom. The molecule has 0 aliphatic carbocycles. The van der Waals surface area contributed by atoms with Gasteiger partial charge in [-0.3, -0.25) is 14.6 Å². The zero-order chi connectivity index (χ0) is 16.1. The SMILES string of the molecule is CC(C)C(NC(=O)c1ccc(Cl)cc1)C(=O)NC1=NCCS1. The molecule has 2 rings (SSSR count). The van der Waals surface area contributed by atoms with Gasteiger partial charge in [0, 0.05) is 16.3 Å². The van der Waals surface area contributed by atoms with Crippen molar-refractivity contribution < 1.29 is 9.59 Å². The summed E-state index contributed by atoms with van der Waals surface area (Å²) in [6.07, 6.45) is 0. The van der Waals surface area contributed by atoms with E-state index in [0.717, 1.165) is 5.75 Å². The van der Waals surface area contributed by atoms with Crippen LogP contribution in [0.15, 0.2) is 29.3 Å².